The number of pyridine rings is 1. The van der Waals surface area contributed by atoms with Crippen LogP contribution in [0.3, 0.4) is 0 Å². The summed E-state index contributed by atoms with van der Waals surface area (Å²) in [7, 11) is 0. The fourth-order valence-electron chi connectivity index (χ4n) is 2.51. The van der Waals surface area contributed by atoms with E-state index in [4.69, 9.17) is 0 Å². The van der Waals surface area contributed by atoms with E-state index in [1.165, 1.54) is 0 Å². The van der Waals surface area contributed by atoms with Gasteiger partial charge >= 0.3 is 0 Å². The molecule has 1 fully saturated rings. The number of nitrogens with one attached hydrogen (secondary N) is 1. The first-order chi connectivity index (χ1) is 9.25. The second-order valence-corrected chi connectivity index (χ2v) is 4.88. The molecule has 1 aliphatic rings. The van der Waals surface area contributed by atoms with Crippen LogP contribution in [-0.4, -0.2) is 42.0 Å². The molecular formula is C15H17N3O. The predicted octanol–water partition coefficient (Wildman–Crippen LogP) is 1.59. The van der Waals surface area contributed by atoms with Gasteiger partial charge in [-0.3, -0.25) is 4.79 Å². The lowest BCUT2D eigenvalue weighted by Crippen LogP contribution is -2.46. The first-order valence-electron chi connectivity index (χ1n) is 6.62. The number of rotatable bonds is 1. The van der Waals surface area contributed by atoms with Crippen LogP contribution in [0.2, 0.25) is 0 Å². The molecule has 1 amide bonds. The Labute approximate surface area is 112 Å². The highest BCUT2D eigenvalue weighted by molar-refractivity contribution is 6.05. The van der Waals surface area contributed by atoms with E-state index in [0.717, 1.165) is 42.6 Å². The summed E-state index contributed by atoms with van der Waals surface area (Å²) >= 11 is 0. The highest BCUT2D eigenvalue weighted by Gasteiger charge is 2.21. The number of carbonyl (C=O) groups is 1. The zero-order chi connectivity index (χ0) is 13.2. The number of amides is 1. The number of aromatic nitrogens is 1. The van der Waals surface area contributed by atoms with Gasteiger partial charge in [0.1, 0.15) is 5.69 Å². The Bertz CT molecular complexity index is 618. The third kappa shape index (κ3) is 2.31. The fraction of sp³-hybridized carbons (Fsp3) is 0.333. The van der Waals surface area contributed by atoms with Crippen molar-refractivity contribution in [2.75, 3.05) is 26.2 Å². The van der Waals surface area contributed by atoms with Crippen molar-refractivity contribution in [3.05, 3.63) is 41.7 Å². The molecule has 1 N–H and O–H groups in total. The predicted molar refractivity (Wildman–Crippen MR) is 75.3 cm³/mol. The topological polar surface area (TPSA) is 45.2 Å². The molecule has 0 spiro atoms. The SMILES string of the molecule is Cc1cc2ccccc2c(C(=O)N2CCNCC2)n1. The van der Waals surface area contributed by atoms with Crippen LogP contribution in [0, 0.1) is 6.92 Å². The van der Waals surface area contributed by atoms with E-state index < -0.39 is 0 Å². The van der Waals surface area contributed by atoms with Crippen LogP contribution in [0.5, 0.6) is 0 Å². The van der Waals surface area contributed by atoms with Crippen LogP contribution >= 0.6 is 0 Å². The van der Waals surface area contributed by atoms with Crippen LogP contribution in [-0.2, 0) is 0 Å². The van der Waals surface area contributed by atoms with Crippen molar-refractivity contribution in [1.82, 2.24) is 15.2 Å². The third-order valence-corrected chi connectivity index (χ3v) is 3.48. The fourth-order valence-corrected chi connectivity index (χ4v) is 2.51. The monoisotopic (exact) mass is 255 g/mol. The molecule has 1 aromatic heterocycles. The smallest absolute Gasteiger partial charge is 0.273 e. The number of fused-ring (bicyclic) bond motifs is 1. The van der Waals surface area contributed by atoms with E-state index >= 15 is 0 Å². The second kappa shape index (κ2) is 4.97. The zero-order valence-corrected chi connectivity index (χ0v) is 11.0. The molecule has 98 valence electrons. The molecule has 1 saturated heterocycles. The normalized spacial score (nSPS) is 15.7. The number of nitrogens with zero attached hydrogens (tertiary/aromatic N) is 2. The van der Waals surface area contributed by atoms with Gasteiger partial charge in [0.15, 0.2) is 0 Å². The zero-order valence-electron chi connectivity index (χ0n) is 11.0. The lowest BCUT2D eigenvalue weighted by molar-refractivity contribution is 0.0732. The summed E-state index contributed by atoms with van der Waals surface area (Å²) in [6, 6.07) is 9.95. The summed E-state index contributed by atoms with van der Waals surface area (Å²) in [5, 5.41) is 5.27. The molecular weight excluding hydrogens is 238 g/mol. The van der Waals surface area contributed by atoms with E-state index in [9.17, 15) is 4.79 Å². The molecule has 0 aliphatic carbocycles. The molecule has 0 unspecified atom stereocenters. The Kier molecular flexibility index (Phi) is 3.17. The van der Waals surface area contributed by atoms with Crippen molar-refractivity contribution < 1.29 is 4.79 Å². The van der Waals surface area contributed by atoms with E-state index in [1.807, 2.05) is 42.2 Å². The van der Waals surface area contributed by atoms with Crippen molar-refractivity contribution in [3.8, 4) is 0 Å². The van der Waals surface area contributed by atoms with Crippen molar-refractivity contribution >= 4 is 16.7 Å². The Balaban J connectivity index is 2.05. The maximum atomic E-state index is 12.6. The molecule has 19 heavy (non-hydrogen) atoms. The summed E-state index contributed by atoms with van der Waals surface area (Å²) in [6.07, 6.45) is 0. The number of hydrogen-bond acceptors (Lipinski definition) is 3. The molecule has 1 aromatic carbocycles. The molecule has 0 bridgehead atoms. The molecule has 0 saturated carbocycles. The van der Waals surface area contributed by atoms with Gasteiger partial charge in [-0.25, -0.2) is 4.98 Å². The summed E-state index contributed by atoms with van der Waals surface area (Å²) in [4.78, 5) is 18.9. The Morgan fingerprint density at radius 3 is 2.79 bits per heavy atom. The lowest BCUT2D eigenvalue weighted by atomic mass is 10.1. The molecule has 0 radical (unpaired) electrons. The quantitative estimate of drug-likeness (QED) is 0.841. The Morgan fingerprint density at radius 2 is 2.00 bits per heavy atom. The maximum Gasteiger partial charge on any atom is 0.273 e. The van der Waals surface area contributed by atoms with Crippen molar-refractivity contribution in [3.63, 3.8) is 0 Å². The molecule has 4 heteroatoms. The minimum atomic E-state index is 0.0430. The molecule has 0 atom stereocenters. The van der Waals surface area contributed by atoms with Gasteiger partial charge in [-0.05, 0) is 18.4 Å². The summed E-state index contributed by atoms with van der Waals surface area (Å²) in [6.45, 7) is 5.15. The average Bonchev–Trinajstić information content (AvgIpc) is 2.46. The molecule has 2 aromatic rings. The van der Waals surface area contributed by atoms with Crippen LogP contribution < -0.4 is 5.32 Å². The van der Waals surface area contributed by atoms with E-state index in [2.05, 4.69) is 10.3 Å². The number of benzene rings is 1. The first-order valence-corrected chi connectivity index (χ1v) is 6.62. The van der Waals surface area contributed by atoms with Crippen molar-refractivity contribution in [2.45, 2.75) is 6.92 Å². The van der Waals surface area contributed by atoms with E-state index in [0.29, 0.717) is 5.69 Å². The van der Waals surface area contributed by atoms with Gasteiger partial charge in [0.05, 0.1) is 0 Å². The Morgan fingerprint density at radius 1 is 1.26 bits per heavy atom. The molecule has 3 rings (SSSR count). The number of hydrogen-bond donors (Lipinski definition) is 1. The van der Waals surface area contributed by atoms with Crippen LogP contribution in [0.1, 0.15) is 16.2 Å². The van der Waals surface area contributed by atoms with E-state index in [1.54, 1.807) is 0 Å². The van der Waals surface area contributed by atoms with Gasteiger partial charge in [0.2, 0.25) is 0 Å². The minimum Gasteiger partial charge on any atom is -0.335 e. The third-order valence-electron chi connectivity index (χ3n) is 3.48. The van der Waals surface area contributed by atoms with Gasteiger partial charge in [-0.2, -0.15) is 0 Å². The Hall–Kier alpha value is -1.94. The molecule has 1 aliphatic heterocycles. The average molecular weight is 255 g/mol. The summed E-state index contributed by atoms with van der Waals surface area (Å²) < 4.78 is 0. The summed E-state index contributed by atoms with van der Waals surface area (Å²) in [5.41, 5.74) is 1.47. The second-order valence-electron chi connectivity index (χ2n) is 4.88. The van der Waals surface area contributed by atoms with Gasteiger partial charge < -0.3 is 10.2 Å². The maximum absolute atomic E-state index is 12.6. The van der Waals surface area contributed by atoms with Crippen LogP contribution in [0.15, 0.2) is 30.3 Å². The van der Waals surface area contributed by atoms with Gasteiger partial charge in [0.25, 0.3) is 5.91 Å². The van der Waals surface area contributed by atoms with Gasteiger partial charge in [0, 0.05) is 37.3 Å². The highest BCUT2D eigenvalue weighted by atomic mass is 16.2. The first kappa shape index (κ1) is 12.1. The molecule has 2 heterocycles. The highest BCUT2D eigenvalue weighted by Crippen LogP contribution is 2.19. The van der Waals surface area contributed by atoms with Crippen molar-refractivity contribution in [1.29, 1.82) is 0 Å². The largest absolute Gasteiger partial charge is 0.335 e. The van der Waals surface area contributed by atoms with Gasteiger partial charge in [-0.1, -0.05) is 24.3 Å². The van der Waals surface area contributed by atoms with E-state index in [-0.39, 0.29) is 5.91 Å². The summed E-state index contributed by atoms with van der Waals surface area (Å²) in [5.74, 6) is 0.0430. The lowest BCUT2D eigenvalue weighted by Gasteiger charge is -2.27. The molecule has 4 nitrogen and oxygen atoms in total. The number of piperazine rings is 1. The number of carbonyl (C=O) groups excluding carboxylic acids is 1. The van der Waals surface area contributed by atoms with Crippen LogP contribution in [0.25, 0.3) is 10.8 Å². The van der Waals surface area contributed by atoms with Gasteiger partial charge in [-0.15, -0.1) is 0 Å². The standard InChI is InChI=1S/C15H17N3O/c1-11-10-12-4-2-3-5-13(12)14(17-11)15(19)18-8-6-16-7-9-18/h2-5,10,16H,6-9H2,1H3. The van der Waals surface area contributed by atoms with Crippen LogP contribution in [0.4, 0.5) is 0 Å². The van der Waals surface area contributed by atoms with Crippen molar-refractivity contribution in [2.24, 2.45) is 0 Å². The number of aryl methyl sites for hydroxylation is 1. The minimum absolute atomic E-state index is 0.0430.